The number of nitrogens with zero attached hydrogens (tertiary/aromatic N) is 3. The zero-order chi connectivity index (χ0) is 13.0. The lowest BCUT2D eigenvalue weighted by Crippen LogP contribution is -1.98. The fourth-order valence-corrected chi connectivity index (χ4v) is 1.55. The van der Waals surface area contributed by atoms with Gasteiger partial charge in [0.05, 0.1) is 6.20 Å². The molecule has 0 bridgehead atoms. The van der Waals surface area contributed by atoms with E-state index in [1.165, 1.54) is 12.1 Å². The number of aromatic nitrogens is 2. The summed E-state index contributed by atoms with van der Waals surface area (Å²) in [6.45, 7) is 3.03. The van der Waals surface area contributed by atoms with Gasteiger partial charge < -0.3 is 4.74 Å². The molecule has 0 atom stereocenters. The Morgan fingerprint density at radius 2 is 2.33 bits per heavy atom. The lowest BCUT2D eigenvalue weighted by atomic mass is 10.2. The first-order valence-corrected chi connectivity index (χ1v) is 5.57. The highest BCUT2D eigenvalue weighted by atomic mass is 19.1. The highest BCUT2D eigenvalue weighted by molar-refractivity contribution is 5.43. The van der Waals surface area contributed by atoms with E-state index in [4.69, 9.17) is 10.00 Å². The minimum Gasteiger partial charge on any atom is -0.487 e. The van der Waals surface area contributed by atoms with Crippen molar-refractivity contribution in [3.8, 4) is 11.8 Å². The zero-order valence-corrected chi connectivity index (χ0v) is 9.93. The largest absolute Gasteiger partial charge is 0.487 e. The molecular weight excluding hydrogens is 233 g/mol. The molecular formula is C13H12FN3O. The first-order valence-electron chi connectivity index (χ1n) is 5.57. The van der Waals surface area contributed by atoms with Crippen LogP contribution in [0.2, 0.25) is 0 Å². The third-order valence-corrected chi connectivity index (χ3v) is 2.49. The fraction of sp³-hybridized carbons (Fsp3) is 0.231. The highest BCUT2D eigenvalue weighted by Gasteiger charge is 2.09. The van der Waals surface area contributed by atoms with E-state index in [1.807, 2.05) is 13.1 Å². The van der Waals surface area contributed by atoms with Gasteiger partial charge in [0.15, 0.2) is 0 Å². The van der Waals surface area contributed by atoms with E-state index in [1.54, 1.807) is 23.0 Å². The Balaban J connectivity index is 2.11. The van der Waals surface area contributed by atoms with Crippen LogP contribution in [0.4, 0.5) is 4.39 Å². The smallest absolute Gasteiger partial charge is 0.144 e. The number of ether oxygens (including phenoxy) is 1. The van der Waals surface area contributed by atoms with Gasteiger partial charge in [-0.1, -0.05) is 6.07 Å². The number of halogens is 1. The van der Waals surface area contributed by atoms with Crippen molar-refractivity contribution < 1.29 is 9.13 Å². The van der Waals surface area contributed by atoms with Crippen LogP contribution in [0.5, 0.6) is 5.75 Å². The minimum absolute atomic E-state index is 0.0691. The molecule has 0 unspecified atom stereocenters. The molecule has 5 heteroatoms. The molecule has 1 heterocycles. The number of hydrogen-bond donors (Lipinski definition) is 0. The Morgan fingerprint density at radius 1 is 1.50 bits per heavy atom. The third kappa shape index (κ3) is 2.48. The molecule has 0 saturated heterocycles. The van der Waals surface area contributed by atoms with Crippen molar-refractivity contribution in [2.45, 2.75) is 20.1 Å². The number of aryl methyl sites for hydroxylation is 1. The van der Waals surface area contributed by atoms with Gasteiger partial charge in [-0.05, 0) is 19.1 Å². The van der Waals surface area contributed by atoms with Gasteiger partial charge in [0, 0.05) is 18.3 Å². The monoisotopic (exact) mass is 245 g/mol. The van der Waals surface area contributed by atoms with Crippen molar-refractivity contribution in [2.75, 3.05) is 0 Å². The summed E-state index contributed by atoms with van der Waals surface area (Å²) in [5.41, 5.74) is 0.811. The fourth-order valence-electron chi connectivity index (χ4n) is 1.55. The third-order valence-electron chi connectivity index (χ3n) is 2.49. The Bertz CT molecular complexity index is 586. The summed E-state index contributed by atoms with van der Waals surface area (Å²) in [6.07, 6.45) is 3.54. The van der Waals surface area contributed by atoms with Crippen molar-refractivity contribution in [2.24, 2.45) is 0 Å². The predicted molar refractivity (Wildman–Crippen MR) is 63.3 cm³/mol. The van der Waals surface area contributed by atoms with Crippen LogP contribution in [-0.2, 0) is 13.2 Å². The number of hydrogen-bond acceptors (Lipinski definition) is 3. The van der Waals surface area contributed by atoms with Gasteiger partial charge in [-0.25, -0.2) is 4.39 Å². The Labute approximate surface area is 104 Å². The van der Waals surface area contributed by atoms with Gasteiger partial charge in [-0.15, -0.1) is 0 Å². The second-order valence-corrected chi connectivity index (χ2v) is 3.72. The molecule has 1 aromatic carbocycles. The van der Waals surface area contributed by atoms with E-state index in [9.17, 15) is 4.39 Å². The molecule has 0 spiro atoms. The SMILES string of the molecule is CCn1cc(COc2cccc(F)c2C#N)cn1. The van der Waals surface area contributed by atoms with E-state index in [0.717, 1.165) is 12.1 Å². The summed E-state index contributed by atoms with van der Waals surface area (Å²) in [5.74, 6) is -0.319. The van der Waals surface area contributed by atoms with E-state index >= 15 is 0 Å². The van der Waals surface area contributed by atoms with Gasteiger partial charge in [-0.2, -0.15) is 10.4 Å². The molecule has 0 aliphatic heterocycles. The molecule has 2 rings (SSSR count). The van der Waals surface area contributed by atoms with E-state index in [2.05, 4.69) is 5.10 Å². The number of benzene rings is 1. The maximum atomic E-state index is 13.3. The van der Waals surface area contributed by atoms with Crippen molar-refractivity contribution in [3.05, 3.63) is 47.5 Å². The summed E-state index contributed by atoms with van der Waals surface area (Å²) in [5, 5.41) is 13.0. The molecule has 0 N–H and O–H groups in total. The normalized spacial score (nSPS) is 10.1. The quantitative estimate of drug-likeness (QED) is 0.831. The predicted octanol–water partition coefficient (Wildman–Crippen LogP) is 2.49. The van der Waals surface area contributed by atoms with Crippen LogP contribution in [0.15, 0.2) is 30.6 Å². The molecule has 0 radical (unpaired) electrons. The van der Waals surface area contributed by atoms with Gasteiger partial charge in [0.1, 0.15) is 29.8 Å². The van der Waals surface area contributed by atoms with Crippen LogP contribution in [0.3, 0.4) is 0 Å². The van der Waals surface area contributed by atoms with Crippen LogP contribution >= 0.6 is 0 Å². The standard InChI is InChI=1S/C13H12FN3O/c1-2-17-8-10(7-16-17)9-18-13-5-3-4-12(14)11(13)6-15/h3-5,7-8H,2,9H2,1H3. The summed E-state index contributed by atoms with van der Waals surface area (Å²) in [6, 6.07) is 6.12. The summed E-state index contributed by atoms with van der Waals surface area (Å²) < 4.78 is 20.5. The van der Waals surface area contributed by atoms with Crippen molar-refractivity contribution in [3.63, 3.8) is 0 Å². The molecule has 18 heavy (non-hydrogen) atoms. The first kappa shape index (κ1) is 12.1. The topological polar surface area (TPSA) is 50.8 Å². The van der Waals surface area contributed by atoms with Crippen molar-refractivity contribution in [1.82, 2.24) is 9.78 Å². The minimum atomic E-state index is -0.570. The van der Waals surface area contributed by atoms with Crippen LogP contribution in [0.1, 0.15) is 18.1 Å². The van der Waals surface area contributed by atoms with Crippen LogP contribution < -0.4 is 4.74 Å². The zero-order valence-electron chi connectivity index (χ0n) is 9.93. The van der Waals surface area contributed by atoms with Gasteiger partial charge in [0.2, 0.25) is 0 Å². The van der Waals surface area contributed by atoms with Crippen LogP contribution in [0, 0.1) is 17.1 Å². The molecule has 2 aromatic rings. The summed E-state index contributed by atoms with van der Waals surface area (Å²) in [4.78, 5) is 0. The van der Waals surface area contributed by atoms with Crippen LogP contribution in [-0.4, -0.2) is 9.78 Å². The molecule has 92 valence electrons. The van der Waals surface area contributed by atoms with E-state index < -0.39 is 5.82 Å². The first-order chi connectivity index (χ1) is 8.74. The average molecular weight is 245 g/mol. The Hall–Kier alpha value is -2.35. The van der Waals surface area contributed by atoms with Crippen molar-refractivity contribution >= 4 is 0 Å². The second-order valence-electron chi connectivity index (χ2n) is 3.72. The maximum absolute atomic E-state index is 13.3. The Morgan fingerprint density at radius 3 is 3.00 bits per heavy atom. The molecule has 0 aliphatic rings. The van der Waals surface area contributed by atoms with Gasteiger partial charge in [-0.3, -0.25) is 4.68 Å². The molecule has 4 nitrogen and oxygen atoms in total. The Kier molecular flexibility index (Phi) is 3.58. The second kappa shape index (κ2) is 5.32. The number of rotatable bonds is 4. The summed E-state index contributed by atoms with van der Waals surface area (Å²) in [7, 11) is 0. The van der Waals surface area contributed by atoms with Crippen molar-refractivity contribution in [1.29, 1.82) is 5.26 Å². The number of nitriles is 1. The molecule has 0 fully saturated rings. The van der Waals surface area contributed by atoms with Gasteiger partial charge in [0.25, 0.3) is 0 Å². The van der Waals surface area contributed by atoms with E-state index in [0.29, 0.717) is 0 Å². The highest BCUT2D eigenvalue weighted by Crippen LogP contribution is 2.21. The van der Waals surface area contributed by atoms with Gasteiger partial charge >= 0.3 is 0 Å². The molecule has 0 aliphatic carbocycles. The average Bonchev–Trinajstić information content (AvgIpc) is 2.84. The van der Waals surface area contributed by atoms with Crippen LogP contribution in [0.25, 0.3) is 0 Å². The lowest BCUT2D eigenvalue weighted by Gasteiger charge is -2.06. The molecule has 0 amide bonds. The lowest BCUT2D eigenvalue weighted by molar-refractivity contribution is 0.303. The summed E-state index contributed by atoms with van der Waals surface area (Å²) >= 11 is 0. The molecule has 1 aromatic heterocycles. The van der Waals surface area contributed by atoms with E-state index in [-0.39, 0.29) is 17.9 Å². The maximum Gasteiger partial charge on any atom is 0.144 e. The molecule has 0 saturated carbocycles.